The second-order valence-electron chi connectivity index (χ2n) is 8.74. The number of aromatic nitrogens is 4. The first-order valence-corrected chi connectivity index (χ1v) is 11.6. The van der Waals surface area contributed by atoms with E-state index in [1.165, 1.54) is 21.9 Å². The summed E-state index contributed by atoms with van der Waals surface area (Å²) in [6.45, 7) is 4.18. The maximum absolute atomic E-state index is 4.51. The summed E-state index contributed by atoms with van der Waals surface area (Å²) in [6, 6.07) is 22.2. The Balaban J connectivity index is 1.38. The van der Waals surface area contributed by atoms with Gasteiger partial charge in [-0.3, -0.25) is 0 Å². The van der Waals surface area contributed by atoms with Gasteiger partial charge in [0, 0.05) is 5.56 Å². The number of H-pyrrole nitrogens is 2. The van der Waals surface area contributed by atoms with Crippen LogP contribution >= 0.6 is 0 Å². The van der Waals surface area contributed by atoms with Gasteiger partial charge in [-0.05, 0) is 67.5 Å². The number of imidazole rings is 2. The highest BCUT2D eigenvalue weighted by molar-refractivity contribution is 5.90. The first kappa shape index (κ1) is 22.1. The number of aromatic amines is 2. The summed E-state index contributed by atoms with van der Waals surface area (Å²) in [7, 11) is 3.87. The van der Waals surface area contributed by atoms with Crippen LogP contribution in [0.3, 0.4) is 0 Å². The van der Waals surface area contributed by atoms with E-state index >= 15 is 0 Å². The van der Waals surface area contributed by atoms with E-state index in [0.29, 0.717) is 0 Å². The molecule has 0 amide bonds. The Hall–Kier alpha value is -3.74. The standard InChI is InChI=1S/C28H30N6/c1-17(29-3)27-31-15-25(33-27)20-7-5-19(6-8-20)21-9-10-23-14-24(12-11-22(23)13-21)26-16-32-28(34-26)18(2)30-4/h5-18,29-30H,1-4H3,(H,31,33)(H,32,34)/t17?,18-/m0/s1. The lowest BCUT2D eigenvalue weighted by Gasteiger charge is -2.08. The third-order valence-electron chi connectivity index (χ3n) is 6.56. The molecule has 0 aliphatic rings. The van der Waals surface area contributed by atoms with Crippen molar-refractivity contribution in [3.05, 3.63) is 84.7 Å². The van der Waals surface area contributed by atoms with Gasteiger partial charge in [-0.15, -0.1) is 0 Å². The minimum Gasteiger partial charge on any atom is -0.341 e. The molecule has 0 fully saturated rings. The Morgan fingerprint density at radius 1 is 0.588 bits per heavy atom. The molecule has 0 aliphatic carbocycles. The van der Waals surface area contributed by atoms with E-state index in [4.69, 9.17) is 0 Å². The average Bonchev–Trinajstić information content (AvgIpc) is 3.58. The molecule has 0 radical (unpaired) electrons. The summed E-state index contributed by atoms with van der Waals surface area (Å²) in [5, 5.41) is 8.85. The Labute approximate surface area is 199 Å². The number of nitrogens with one attached hydrogen (secondary N) is 4. The van der Waals surface area contributed by atoms with Crippen molar-refractivity contribution < 1.29 is 0 Å². The van der Waals surface area contributed by atoms with Crippen LogP contribution in [0.15, 0.2) is 73.1 Å². The van der Waals surface area contributed by atoms with Gasteiger partial charge in [-0.1, -0.05) is 48.5 Å². The van der Waals surface area contributed by atoms with Gasteiger partial charge < -0.3 is 20.6 Å². The Kier molecular flexibility index (Phi) is 6.01. The van der Waals surface area contributed by atoms with Crippen molar-refractivity contribution in [2.75, 3.05) is 14.1 Å². The van der Waals surface area contributed by atoms with E-state index in [-0.39, 0.29) is 12.1 Å². The van der Waals surface area contributed by atoms with E-state index in [1.807, 2.05) is 26.5 Å². The summed E-state index contributed by atoms with van der Waals surface area (Å²) < 4.78 is 0. The summed E-state index contributed by atoms with van der Waals surface area (Å²) in [6.07, 6.45) is 3.80. The van der Waals surface area contributed by atoms with Crippen LogP contribution in [-0.4, -0.2) is 34.0 Å². The highest BCUT2D eigenvalue weighted by atomic mass is 15.0. The van der Waals surface area contributed by atoms with Crippen molar-refractivity contribution in [2.45, 2.75) is 25.9 Å². The first-order chi connectivity index (χ1) is 16.6. The lowest BCUT2D eigenvalue weighted by molar-refractivity contribution is 0.618. The molecule has 2 atom stereocenters. The van der Waals surface area contributed by atoms with Crippen molar-refractivity contribution in [3.63, 3.8) is 0 Å². The number of hydrogen-bond donors (Lipinski definition) is 4. The SMILES string of the molecule is CNC(C)c1ncc(-c2ccc(-c3ccc4cc(-c5cnc([C@H](C)NC)[nH]5)ccc4c3)cc2)[nH]1. The van der Waals surface area contributed by atoms with Gasteiger partial charge in [0.25, 0.3) is 0 Å². The van der Waals surface area contributed by atoms with Crippen LogP contribution in [0, 0.1) is 0 Å². The number of nitrogens with zero attached hydrogens (tertiary/aromatic N) is 2. The van der Waals surface area contributed by atoms with Crippen molar-refractivity contribution >= 4 is 10.8 Å². The average molecular weight is 451 g/mol. The Morgan fingerprint density at radius 3 is 1.59 bits per heavy atom. The smallest absolute Gasteiger partial charge is 0.123 e. The van der Waals surface area contributed by atoms with Gasteiger partial charge in [0.2, 0.25) is 0 Å². The predicted molar refractivity (Wildman–Crippen MR) is 139 cm³/mol. The molecule has 0 saturated carbocycles. The zero-order valence-corrected chi connectivity index (χ0v) is 20.0. The van der Waals surface area contributed by atoms with E-state index in [9.17, 15) is 0 Å². The van der Waals surface area contributed by atoms with Crippen molar-refractivity contribution in [1.29, 1.82) is 0 Å². The van der Waals surface area contributed by atoms with Crippen LogP contribution in [0.2, 0.25) is 0 Å². The molecule has 34 heavy (non-hydrogen) atoms. The molecule has 0 saturated heterocycles. The zero-order chi connectivity index (χ0) is 23.7. The molecule has 1 unspecified atom stereocenters. The molecule has 0 aliphatic heterocycles. The largest absolute Gasteiger partial charge is 0.341 e. The zero-order valence-electron chi connectivity index (χ0n) is 20.0. The second kappa shape index (κ2) is 9.25. The molecule has 3 aromatic carbocycles. The highest BCUT2D eigenvalue weighted by Crippen LogP contribution is 2.30. The van der Waals surface area contributed by atoms with Crippen LogP contribution in [0.25, 0.3) is 44.4 Å². The minimum absolute atomic E-state index is 0.190. The molecular formula is C28H30N6. The van der Waals surface area contributed by atoms with Gasteiger partial charge in [-0.25, -0.2) is 9.97 Å². The Bertz CT molecular complexity index is 1410. The highest BCUT2D eigenvalue weighted by Gasteiger charge is 2.11. The van der Waals surface area contributed by atoms with Crippen LogP contribution in [0.5, 0.6) is 0 Å². The van der Waals surface area contributed by atoms with Crippen molar-refractivity contribution in [1.82, 2.24) is 30.6 Å². The molecule has 2 heterocycles. The normalized spacial score (nSPS) is 13.3. The summed E-state index contributed by atoms with van der Waals surface area (Å²) in [5.41, 5.74) is 6.72. The quantitative estimate of drug-likeness (QED) is 0.251. The first-order valence-electron chi connectivity index (χ1n) is 11.6. The summed E-state index contributed by atoms with van der Waals surface area (Å²) in [5.74, 6) is 1.89. The van der Waals surface area contributed by atoms with Crippen LogP contribution in [0.1, 0.15) is 37.6 Å². The third-order valence-corrected chi connectivity index (χ3v) is 6.56. The Morgan fingerprint density at radius 2 is 1.03 bits per heavy atom. The summed E-state index contributed by atoms with van der Waals surface area (Å²) in [4.78, 5) is 15.8. The monoisotopic (exact) mass is 450 g/mol. The third kappa shape index (κ3) is 4.25. The lowest BCUT2D eigenvalue weighted by Crippen LogP contribution is -2.13. The molecule has 172 valence electrons. The number of rotatable bonds is 7. The van der Waals surface area contributed by atoms with Gasteiger partial charge >= 0.3 is 0 Å². The van der Waals surface area contributed by atoms with Crippen molar-refractivity contribution in [2.24, 2.45) is 0 Å². The van der Waals surface area contributed by atoms with Crippen LogP contribution in [0.4, 0.5) is 0 Å². The van der Waals surface area contributed by atoms with E-state index in [1.54, 1.807) is 0 Å². The maximum atomic E-state index is 4.51. The van der Waals surface area contributed by atoms with Gasteiger partial charge in [-0.2, -0.15) is 0 Å². The topological polar surface area (TPSA) is 81.4 Å². The fraction of sp³-hybridized carbons (Fsp3) is 0.214. The van der Waals surface area contributed by atoms with Gasteiger partial charge in [0.1, 0.15) is 11.6 Å². The molecule has 0 spiro atoms. The molecule has 0 bridgehead atoms. The molecule has 5 aromatic rings. The van der Waals surface area contributed by atoms with E-state index in [2.05, 4.69) is 105 Å². The number of fused-ring (bicyclic) bond motifs is 1. The van der Waals surface area contributed by atoms with Crippen molar-refractivity contribution in [3.8, 4) is 33.6 Å². The van der Waals surface area contributed by atoms with Gasteiger partial charge in [0.05, 0.1) is 35.9 Å². The van der Waals surface area contributed by atoms with Gasteiger partial charge in [0.15, 0.2) is 0 Å². The van der Waals surface area contributed by atoms with Crippen LogP contribution in [-0.2, 0) is 0 Å². The summed E-state index contributed by atoms with van der Waals surface area (Å²) >= 11 is 0. The molecule has 5 rings (SSSR count). The fourth-order valence-electron chi connectivity index (χ4n) is 4.12. The second-order valence-corrected chi connectivity index (χ2v) is 8.74. The molecule has 6 nitrogen and oxygen atoms in total. The molecule has 2 aromatic heterocycles. The molecule has 6 heteroatoms. The number of benzene rings is 3. The van der Waals surface area contributed by atoms with E-state index in [0.717, 1.165) is 34.2 Å². The fourth-order valence-corrected chi connectivity index (χ4v) is 4.12. The van der Waals surface area contributed by atoms with Crippen LogP contribution < -0.4 is 10.6 Å². The van der Waals surface area contributed by atoms with E-state index < -0.39 is 0 Å². The molecular weight excluding hydrogens is 420 g/mol. The molecule has 4 N–H and O–H groups in total. The predicted octanol–water partition coefficient (Wildman–Crippen LogP) is 5.85. The maximum Gasteiger partial charge on any atom is 0.123 e. The minimum atomic E-state index is 0.190. The lowest BCUT2D eigenvalue weighted by atomic mass is 9.98. The number of hydrogen-bond acceptors (Lipinski definition) is 4.